The topological polar surface area (TPSA) is 18.5 Å². The molecule has 0 saturated carbocycles. The van der Waals surface area contributed by atoms with E-state index in [4.69, 9.17) is 9.47 Å². The summed E-state index contributed by atoms with van der Waals surface area (Å²) in [6, 6.07) is 32.0. The zero-order valence-electron chi connectivity index (χ0n) is 20.6. The molecule has 1 aliphatic heterocycles. The molecule has 36 heavy (non-hydrogen) atoms. The highest BCUT2D eigenvalue weighted by Gasteiger charge is 2.20. The molecule has 0 saturated heterocycles. The summed E-state index contributed by atoms with van der Waals surface area (Å²) in [7, 11) is 0. The predicted octanol–water partition coefficient (Wildman–Crippen LogP) is 9.95. The van der Waals surface area contributed by atoms with Crippen molar-refractivity contribution in [1.29, 1.82) is 0 Å². The molecule has 0 radical (unpaired) electrons. The lowest BCUT2D eigenvalue weighted by atomic mass is 9.83. The Bertz CT molecular complexity index is 1800. The summed E-state index contributed by atoms with van der Waals surface area (Å²) in [5.41, 5.74) is 3.65. The maximum atomic E-state index is 6.24. The zero-order valence-corrected chi connectivity index (χ0v) is 20.6. The molecule has 0 amide bonds. The van der Waals surface area contributed by atoms with E-state index >= 15 is 0 Å². The van der Waals surface area contributed by atoms with E-state index in [0.29, 0.717) is 0 Å². The Labute approximate surface area is 210 Å². The fraction of sp³-hybridized carbons (Fsp3) is 0.118. The van der Waals surface area contributed by atoms with Gasteiger partial charge in [0.15, 0.2) is 23.0 Å². The van der Waals surface area contributed by atoms with Crippen LogP contribution in [0.4, 0.5) is 0 Å². The summed E-state index contributed by atoms with van der Waals surface area (Å²) in [5, 5.41) is 7.82. The number of benzene rings is 6. The molecule has 0 spiro atoms. The van der Waals surface area contributed by atoms with E-state index < -0.39 is 0 Å². The van der Waals surface area contributed by atoms with Gasteiger partial charge in [-0.2, -0.15) is 0 Å². The van der Waals surface area contributed by atoms with Gasteiger partial charge < -0.3 is 9.47 Å². The molecule has 0 aliphatic carbocycles. The molecule has 2 heteroatoms. The number of hydrogen-bond acceptors (Lipinski definition) is 2. The van der Waals surface area contributed by atoms with Gasteiger partial charge in [-0.25, -0.2) is 0 Å². The molecule has 1 heterocycles. The van der Waals surface area contributed by atoms with Gasteiger partial charge in [0.25, 0.3) is 0 Å². The van der Waals surface area contributed by atoms with Gasteiger partial charge in [-0.15, -0.1) is 0 Å². The van der Waals surface area contributed by atoms with Crippen molar-refractivity contribution in [1.82, 2.24) is 0 Å². The van der Waals surface area contributed by atoms with E-state index in [1.54, 1.807) is 0 Å². The number of rotatable bonds is 2. The van der Waals surface area contributed by atoms with Crippen LogP contribution in [0.5, 0.6) is 23.0 Å². The monoisotopic (exact) mass is 466 g/mol. The maximum Gasteiger partial charge on any atom is 0.177 e. The Morgan fingerprint density at radius 1 is 0.556 bits per heavy atom. The quantitative estimate of drug-likeness (QED) is 0.186. The first-order valence-electron chi connectivity index (χ1n) is 12.4. The first-order valence-corrected chi connectivity index (χ1v) is 12.4. The van der Waals surface area contributed by atoms with Crippen molar-refractivity contribution in [2.45, 2.75) is 26.2 Å². The Hall–Kier alpha value is -4.30. The van der Waals surface area contributed by atoms with Crippen LogP contribution < -0.4 is 9.47 Å². The summed E-state index contributed by atoms with van der Waals surface area (Å²) < 4.78 is 12.3. The second-order valence-electron chi connectivity index (χ2n) is 10.6. The lowest BCUT2D eigenvalue weighted by Crippen LogP contribution is -2.10. The SMILES string of the molecule is CC(C)(C)c1cc2ccc3ccc(/C=C/c4cccc5c4Oc4ccccc4O5)c4ccc(c1)c2c34. The molecule has 0 atom stereocenters. The zero-order chi connectivity index (χ0) is 24.4. The minimum absolute atomic E-state index is 0.111. The average Bonchev–Trinajstić information content (AvgIpc) is 2.89. The molecule has 0 N–H and O–H groups in total. The van der Waals surface area contributed by atoms with E-state index in [1.807, 2.05) is 36.4 Å². The third-order valence-corrected chi connectivity index (χ3v) is 7.23. The minimum atomic E-state index is 0.111. The molecule has 0 aromatic heterocycles. The van der Waals surface area contributed by atoms with Crippen molar-refractivity contribution in [2.75, 3.05) is 0 Å². The largest absolute Gasteiger partial charge is 0.449 e. The number of para-hydroxylation sites is 3. The third-order valence-electron chi connectivity index (χ3n) is 7.23. The van der Waals surface area contributed by atoms with E-state index in [-0.39, 0.29) is 5.41 Å². The first kappa shape index (κ1) is 21.0. The van der Waals surface area contributed by atoms with Crippen molar-refractivity contribution in [3.05, 3.63) is 108 Å². The average molecular weight is 467 g/mol. The van der Waals surface area contributed by atoms with Gasteiger partial charge in [-0.1, -0.05) is 106 Å². The van der Waals surface area contributed by atoms with Crippen LogP contribution in [0, 0.1) is 0 Å². The van der Waals surface area contributed by atoms with E-state index in [0.717, 1.165) is 28.6 Å². The highest BCUT2D eigenvalue weighted by Crippen LogP contribution is 2.47. The number of ether oxygens (including phenoxy) is 2. The van der Waals surface area contributed by atoms with E-state index in [1.165, 1.54) is 43.4 Å². The summed E-state index contributed by atoms with van der Waals surface area (Å²) in [6.07, 6.45) is 4.31. The Morgan fingerprint density at radius 3 is 1.97 bits per heavy atom. The fourth-order valence-corrected chi connectivity index (χ4v) is 5.30. The van der Waals surface area contributed by atoms with Crippen molar-refractivity contribution in [3.63, 3.8) is 0 Å². The van der Waals surface area contributed by atoms with Crippen LogP contribution in [0.3, 0.4) is 0 Å². The van der Waals surface area contributed by atoms with Crippen molar-refractivity contribution >= 4 is 44.5 Å². The Morgan fingerprint density at radius 2 is 1.19 bits per heavy atom. The van der Waals surface area contributed by atoms with Gasteiger partial charge in [0.05, 0.1) is 0 Å². The van der Waals surface area contributed by atoms with Crippen molar-refractivity contribution in [3.8, 4) is 23.0 Å². The first-order chi connectivity index (χ1) is 17.5. The van der Waals surface area contributed by atoms with Crippen LogP contribution >= 0.6 is 0 Å². The minimum Gasteiger partial charge on any atom is -0.449 e. The van der Waals surface area contributed by atoms with Crippen LogP contribution in [0.25, 0.3) is 44.5 Å². The molecule has 174 valence electrons. The van der Waals surface area contributed by atoms with Crippen molar-refractivity contribution < 1.29 is 9.47 Å². The second kappa shape index (κ2) is 7.60. The van der Waals surface area contributed by atoms with Crippen LogP contribution in [-0.4, -0.2) is 0 Å². The van der Waals surface area contributed by atoms with Gasteiger partial charge in [0.1, 0.15) is 0 Å². The molecule has 6 aromatic carbocycles. The van der Waals surface area contributed by atoms with E-state index in [9.17, 15) is 0 Å². The molecular formula is C34H26O2. The Kier molecular flexibility index (Phi) is 4.44. The lowest BCUT2D eigenvalue weighted by molar-refractivity contribution is 0.359. The normalized spacial score (nSPS) is 13.2. The number of fused-ring (bicyclic) bond motifs is 2. The van der Waals surface area contributed by atoms with Crippen LogP contribution in [0.2, 0.25) is 0 Å². The van der Waals surface area contributed by atoms with E-state index in [2.05, 4.69) is 87.5 Å². The summed E-state index contributed by atoms with van der Waals surface area (Å²) >= 11 is 0. The molecule has 0 bridgehead atoms. The van der Waals surface area contributed by atoms with Crippen LogP contribution in [-0.2, 0) is 5.41 Å². The smallest absolute Gasteiger partial charge is 0.177 e. The standard InChI is InChI=1S/C34H26O2/c1-34(2,3)26-19-24-16-14-22-13-11-21(27-18-17-25(20-26)31(24)32(22)27)12-15-23-7-6-10-30-33(23)36-29-9-5-4-8-28(29)35-30/h4-20H,1-3H3/b15-12+. The summed E-state index contributed by atoms with van der Waals surface area (Å²) in [5.74, 6) is 2.97. The highest BCUT2D eigenvalue weighted by molar-refractivity contribution is 6.24. The highest BCUT2D eigenvalue weighted by atomic mass is 16.6. The molecular weight excluding hydrogens is 440 g/mol. The number of hydrogen-bond donors (Lipinski definition) is 0. The molecule has 6 aromatic rings. The third kappa shape index (κ3) is 3.25. The predicted molar refractivity (Wildman–Crippen MR) is 151 cm³/mol. The van der Waals surface area contributed by atoms with Gasteiger partial charge in [0.2, 0.25) is 0 Å². The summed E-state index contributed by atoms with van der Waals surface area (Å²) in [6.45, 7) is 6.83. The Balaban J connectivity index is 1.35. The van der Waals surface area contributed by atoms with Gasteiger partial charge >= 0.3 is 0 Å². The molecule has 2 nitrogen and oxygen atoms in total. The fourth-order valence-electron chi connectivity index (χ4n) is 5.30. The van der Waals surface area contributed by atoms with Crippen molar-refractivity contribution in [2.24, 2.45) is 0 Å². The second-order valence-corrected chi connectivity index (χ2v) is 10.6. The molecule has 7 rings (SSSR count). The molecule has 0 unspecified atom stereocenters. The van der Waals surface area contributed by atoms with Gasteiger partial charge in [0, 0.05) is 5.56 Å². The summed E-state index contributed by atoms with van der Waals surface area (Å²) in [4.78, 5) is 0. The van der Waals surface area contributed by atoms with Gasteiger partial charge in [-0.05, 0) is 67.1 Å². The molecule has 0 fully saturated rings. The van der Waals surface area contributed by atoms with Crippen LogP contribution in [0.15, 0.2) is 91.0 Å². The van der Waals surface area contributed by atoms with Gasteiger partial charge in [-0.3, -0.25) is 0 Å². The maximum absolute atomic E-state index is 6.24. The van der Waals surface area contributed by atoms with Crippen LogP contribution in [0.1, 0.15) is 37.5 Å². The molecule has 1 aliphatic rings. The lowest BCUT2D eigenvalue weighted by Gasteiger charge is -2.22.